The molecule has 2 amide bonds. The van der Waals surface area contributed by atoms with Gasteiger partial charge in [-0.2, -0.15) is 4.31 Å². The molecule has 2 aromatic carbocycles. The molecule has 2 N–H and O–H groups in total. The molecular weight excluding hydrogens is 470 g/mol. The Kier molecular flexibility index (Phi) is 7.32. The summed E-state index contributed by atoms with van der Waals surface area (Å²) in [6, 6.07) is 11.1. The number of fused-ring (bicyclic) bond motifs is 1. The maximum Gasteiger partial charge on any atom is 0.247 e. The third-order valence-electron chi connectivity index (χ3n) is 6.37. The minimum atomic E-state index is -3.60. The Balaban J connectivity index is 1.34. The van der Waals surface area contributed by atoms with Crippen LogP contribution in [0.3, 0.4) is 0 Å². The van der Waals surface area contributed by atoms with Gasteiger partial charge in [0.1, 0.15) is 6.04 Å². The Morgan fingerprint density at radius 1 is 1.00 bits per heavy atom. The first-order valence-electron chi connectivity index (χ1n) is 11.7. The molecule has 4 rings (SSSR count). The first kappa shape index (κ1) is 25.0. The molecule has 2 aliphatic rings. The van der Waals surface area contributed by atoms with Gasteiger partial charge < -0.3 is 20.1 Å². The lowest BCUT2D eigenvalue weighted by Gasteiger charge is -2.32. The number of hydrogen-bond donors (Lipinski definition) is 2. The summed E-state index contributed by atoms with van der Waals surface area (Å²) in [7, 11) is -3.60. The minimum absolute atomic E-state index is 0.141. The van der Waals surface area contributed by atoms with Gasteiger partial charge in [-0.15, -0.1) is 0 Å². The zero-order valence-electron chi connectivity index (χ0n) is 20.1. The maximum atomic E-state index is 13.0. The number of amides is 2. The second-order valence-corrected chi connectivity index (χ2v) is 11.2. The van der Waals surface area contributed by atoms with E-state index in [0.717, 1.165) is 5.56 Å². The predicted octanol–water partition coefficient (Wildman–Crippen LogP) is 2.90. The average Bonchev–Trinajstić information content (AvgIpc) is 3.30. The fraction of sp³-hybridized carbons (Fsp3) is 0.440. The number of nitrogens with one attached hydrogen (secondary N) is 2. The monoisotopic (exact) mass is 501 g/mol. The highest BCUT2D eigenvalue weighted by atomic mass is 32.2. The van der Waals surface area contributed by atoms with Crippen molar-refractivity contribution in [3.05, 3.63) is 48.0 Å². The van der Waals surface area contributed by atoms with Crippen molar-refractivity contribution in [3.63, 3.8) is 0 Å². The van der Waals surface area contributed by atoms with Crippen LogP contribution in [0.5, 0.6) is 11.5 Å². The number of piperidine rings is 1. The summed E-state index contributed by atoms with van der Waals surface area (Å²) >= 11 is 0. The third-order valence-corrected chi connectivity index (χ3v) is 8.28. The lowest BCUT2D eigenvalue weighted by molar-refractivity contribution is -0.130. The lowest BCUT2D eigenvalue weighted by atomic mass is 9.95. The molecule has 188 valence electrons. The first-order valence-corrected chi connectivity index (χ1v) is 13.2. The van der Waals surface area contributed by atoms with Crippen LogP contribution in [0.25, 0.3) is 0 Å². The molecule has 0 aliphatic carbocycles. The number of benzene rings is 2. The van der Waals surface area contributed by atoms with E-state index in [1.807, 2.05) is 20.8 Å². The fourth-order valence-electron chi connectivity index (χ4n) is 4.22. The van der Waals surface area contributed by atoms with Crippen molar-refractivity contribution in [2.24, 2.45) is 11.8 Å². The number of nitrogens with zero attached hydrogens (tertiary/aromatic N) is 1. The number of rotatable bonds is 7. The molecule has 1 atom stereocenters. The highest BCUT2D eigenvalue weighted by Gasteiger charge is 2.34. The largest absolute Gasteiger partial charge is 0.454 e. The van der Waals surface area contributed by atoms with Crippen LogP contribution in [-0.2, 0) is 19.6 Å². The first-order chi connectivity index (χ1) is 16.6. The van der Waals surface area contributed by atoms with Crippen LogP contribution in [0.1, 0.15) is 32.3 Å². The normalized spacial score (nSPS) is 17.3. The molecule has 0 unspecified atom stereocenters. The molecular formula is C25H31N3O6S. The van der Waals surface area contributed by atoms with Crippen molar-refractivity contribution in [2.75, 3.05) is 25.2 Å². The van der Waals surface area contributed by atoms with E-state index in [-0.39, 0.29) is 48.4 Å². The van der Waals surface area contributed by atoms with E-state index in [4.69, 9.17) is 9.47 Å². The Bertz CT molecular complexity index is 1190. The van der Waals surface area contributed by atoms with E-state index in [2.05, 4.69) is 10.6 Å². The number of aryl methyl sites for hydroxylation is 1. The van der Waals surface area contributed by atoms with Crippen LogP contribution in [0, 0.1) is 18.8 Å². The van der Waals surface area contributed by atoms with Crippen LogP contribution >= 0.6 is 0 Å². The molecule has 0 saturated carbocycles. The van der Waals surface area contributed by atoms with E-state index < -0.39 is 16.1 Å². The van der Waals surface area contributed by atoms with E-state index in [0.29, 0.717) is 30.0 Å². The minimum Gasteiger partial charge on any atom is -0.454 e. The Morgan fingerprint density at radius 3 is 2.31 bits per heavy atom. The summed E-state index contributed by atoms with van der Waals surface area (Å²) in [4.78, 5) is 26.2. The van der Waals surface area contributed by atoms with Crippen LogP contribution in [0.4, 0.5) is 5.69 Å². The molecule has 1 fully saturated rings. The SMILES string of the molecule is Cc1ccc(S(=O)(=O)N2CCC(C(=O)N[C@H](C(=O)Nc3ccc4c(c3)OCO4)C(C)C)CC2)cc1. The predicted molar refractivity (Wildman–Crippen MR) is 131 cm³/mol. The van der Waals surface area contributed by atoms with Gasteiger partial charge >= 0.3 is 0 Å². The number of carbonyl (C=O) groups is 2. The van der Waals surface area contributed by atoms with Gasteiger partial charge in [-0.1, -0.05) is 31.5 Å². The number of anilines is 1. The smallest absolute Gasteiger partial charge is 0.247 e. The van der Waals surface area contributed by atoms with Gasteiger partial charge in [0.15, 0.2) is 11.5 Å². The quantitative estimate of drug-likeness (QED) is 0.603. The van der Waals surface area contributed by atoms with Crippen molar-refractivity contribution < 1.29 is 27.5 Å². The summed E-state index contributed by atoms with van der Waals surface area (Å²) < 4.78 is 37.9. The Morgan fingerprint density at radius 2 is 1.66 bits per heavy atom. The van der Waals surface area contributed by atoms with Gasteiger partial charge in [-0.05, 0) is 49.9 Å². The van der Waals surface area contributed by atoms with Crippen molar-refractivity contribution in [1.82, 2.24) is 9.62 Å². The van der Waals surface area contributed by atoms with Gasteiger partial charge in [0.05, 0.1) is 4.90 Å². The molecule has 2 aromatic rings. The van der Waals surface area contributed by atoms with Crippen molar-refractivity contribution in [2.45, 2.75) is 44.6 Å². The summed E-state index contributed by atoms with van der Waals surface area (Å²) in [6.45, 7) is 6.28. The zero-order valence-corrected chi connectivity index (χ0v) is 20.9. The van der Waals surface area contributed by atoms with E-state index in [1.54, 1.807) is 42.5 Å². The van der Waals surface area contributed by atoms with E-state index >= 15 is 0 Å². The summed E-state index contributed by atoms with van der Waals surface area (Å²) in [5.41, 5.74) is 1.54. The fourth-order valence-corrected chi connectivity index (χ4v) is 5.69. The van der Waals surface area contributed by atoms with Crippen LogP contribution < -0.4 is 20.1 Å². The van der Waals surface area contributed by atoms with E-state index in [1.165, 1.54) is 4.31 Å². The number of sulfonamides is 1. The molecule has 2 heterocycles. The molecule has 0 radical (unpaired) electrons. The molecule has 9 nitrogen and oxygen atoms in total. The van der Waals surface area contributed by atoms with Gasteiger partial charge in [-0.25, -0.2) is 8.42 Å². The highest BCUT2D eigenvalue weighted by molar-refractivity contribution is 7.89. The number of carbonyl (C=O) groups excluding carboxylic acids is 2. The summed E-state index contributed by atoms with van der Waals surface area (Å²) in [5.74, 6) is 0.102. The third kappa shape index (κ3) is 5.59. The summed E-state index contributed by atoms with van der Waals surface area (Å²) in [6.07, 6.45) is 0.789. The van der Waals surface area contributed by atoms with Gasteiger partial charge in [-0.3, -0.25) is 9.59 Å². The van der Waals surface area contributed by atoms with E-state index in [9.17, 15) is 18.0 Å². The van der Waals surface area contributed by atoms with Gasteiger partial charge in [0.25, 0.3) is 0 Å². The second-order valence-electron chi connectivity index (χ2n) is 9.28. The second kappa shape index (κ2) is 10.2. The van der Waals surface area contributed by atoms with Crippen molar-refractivity contribution >= 4 is 27.5 Å². The van der Waals surface area contributed by atoms with Crippen LogP contribution in [0.2, 0.25) is 0 Å². The topological polar surface area (TPSA) is 114 Å². The molecule has 0 aromatic heterocycles. The molecule has 35 heavy (non-hydrogen) atoms. The van der Waals surface area contributed by atoms with Crippen molar-refractivity contribution in [3.8, 4) is 11.5 Å². The van der Waals surface area contributed by atoms with Crippen molar-refractivity contribution in [1.29, 1.82) is 0 Å². The average molecular weight is 502 g/mol. The van der Waals surface area contributed by atoms with Crippen LogP contribution in [0.15, 0.2) is 47.4 Å². The maximum absolute atomic E-state index is 13.0. The van der Waals surface area contributed by atoms with Gasteiger partial charge in [0, 0.05) is 30.8 Å². The Hall–Kier alpha value is -3.11. The number of ether oxygens (including phenoxy) is 2. The molecule has 10 heteroatoms. The molecule has 1 saturated heterocycles. The number of hydrogen-bond acceptors (Lipinski definition) is 6. The van der Waals surface area contributed by atoms with Gasteiger partial charge in [0.2, 0.25) is 28.6 Å². The standard InChI is InChI=1S/C25H31N3O6S/c1-16(2)23(25(30)26-19-6-9-21-22(14-19)34-15-33-21)27-24(29)18-10-12-28(13-11-18)35(31,32)20-7-4-17(3)5-8-20/h4-9,14,16,18,23H,10-13,15H2,1-3H3,(H,26,30)(H,27,29)/t23-/m0/s1. The summed E-state index contributed by atoms with van der Waals surface area (Å²) in [5, 5.41) is 5.71. The highest BCUT2D eigenvalue weighted by Crippen LogP contribution is 2.34. The molecule has 2 aliphatic heterocycles. The van der Waals surface area contributed by atoms with Crippen LogP contribution in [-0.4, -0.2) is 50.5 Å². The lowest BCUT2D eigenvalue weighted by Crippen LogP contribution is -2.50. The molecule has 0 bridgehead atoms. The zero-order chi connectivity index (χ0) is 25.2. The molecule has 0 spiro atoms. The Labute approximate surface area is 205 Å².